The lowest BCUT2D eigenvalue weighted by Gasteiger charge is -2.38. The summed E-state index contributed by atoms with van der Waals surface area (Å²) in [5.74, 6) is 2.67. The van der Waals surface area contributed by atoms with Crippen molar-refractivity contribution in [3.63, 3.8) is 0 Å². The maximum Gasteiger partial charge on any atom is 0.227 e. The van der Waals surface area contributed by atoms with Crippen molar-refractivity contribution >= 4 is 23.5 Å². The molecule has 0 radical (unpaired) electrons. The monoisotopic (exact) mass is 488 g/mol. The molecule has 35 heavy (non-hydrogen) atoms. The molecule has 1 aromatic heterocycles. The highest BCUT2D eigenvalue weighted by molar-refractivity contribution is 7.99. The van der Waals surface area contributed by atoms with Crippen molar-refractivity contribution in [3.05, 3.63) is 77.0 Å². The molecule has 5 rings (SSSR count). The summed E-state index contributed by atoms with van der Waals surface area (Å²) >= 11 is 1.67. The predicted molar refractivity (Wildman–Crippen MR) is 140 cm³/mol. The van der Waals surface area contributed by atoms with E-state index in [-0.39, 0.29) is 17.2 Å². The van der Waals surface area contributed by atoms with Crippen LogP contribution in [0.5, 0.6) is 5.75 Å². The lowest BCUT2D eigenvalue weighted by Crippen LogP contribution is -2.36. The Morgan fingerprint density at radius 2 is 1.89 bits per heavy atom. The molecule has 2 heterocycles. The van der Waals surface area contributed by atoms with E-state index < -0.39 is 0 Å². The van der Waals surface area contributed by atoms with E-state index in [0.29, 0.717) is 19.0 Å². The van der Waals surface area contributed by atoms with E-state index in [2.05, 4.69) is 38.2 Å². The fraction of sp³-hybridized carbons (Fsp3) is 0.393. The maximum atomic E-state index is 13.4. The van der Waals surface area contributed by atoms with Crippen LogP contribution in [0.2, 0.25) is 0 Å². The van der Waals surface area contributed by atoms with Crippen LogP contribution in [0.25, 0.3) is 0 Å². The number of hydrogen-bond donors (Lipinski definition) is 1. The number of aromatic nitrogens is 3. The first-order valence-corrected chi connectivity index (χ1v) is 13.3. The summed E-state index contributed by atoms with van der Waals surface area (Å²) in [5, 5.41) is 9.03. The number of benzene rings is 2. The smallest absolute Gasteiger partial charge is 0.227 e. The summed E-state index contributed by atoms with van der Waals surface area (Å²) in [6.45, 7) is 7.00. The molecular weight excluding hydrogens is 456 g/mol. The summed E-state index contributed by atoms with van der Waals surface area (Å²) in [7, 11) is 0. The first-order valence-electron chi connectivity index (χ1n) is 12.3. The van der Waals surface area contributed by atoms with Gasteiger partial charge < -0.3 is 10.1 Å². The number of rotatable bonds is 8. The minimum Gasteiger partial charge on any atom is -0.489 e. The fourth-order valence-electron chi connectivity index (χ4n) is 4.75. The summed E-state index contributed by atoms with van der Waals surface area (Å²) < 4.78 is 7.88. The standard InChI is InChI=1S/C28H32N4O2S/c1-4-5-15-35-27-30-26-29-22-16-28(2,3)17-23(33)24(22)25(32(26)31-27)20-11-13-21(14-12-20)34-18-19-9-7-6-8-10-19/h6-14,25H,4-5,15-18H2,1-3H3,(H,29,30,31). The number of ketones is 1. The van der Waals surface area contributed by atoms with Crippen LogP contribution in [0.15, 0.2) is 71.0 Å². The SMILES string of the molecule is CCCCSc1nc2n(n1)C(c1ccc(OCc3ccccc3)cc1)C1=C(CC(C)(C)CC1=O)N2. The lowest BCUT2D eigenvalue weighted by molar-refractivity contribution is -0.118. The van der Waals surface area contributed by atoms with Crippen LogP contribution < -0.4 is 10.1 Å². The molecule has 0 saturated carbocycles. The zero-order valence-corrected chi connectivity index (χ0v) is 21.4. The van der Waals surface area contributed by atoms with Crippen LogP contribution in [0, 0.1) is 5.41 Å². The maximum absolute atomic E-state index is 13.4. The Hall–Kier alpha value is -3.06. The molecule has 1 aliphatic carbocycles. The van der Waals surface area contributed by atoms with Crippen molar-refractivity contribution in [2.24, 2.45) is 5.41 Å². The molecule has 0 bridgehead atoms. The molecule has 0 amide bonds. The van der Waals surface area contributed by atoms with Gasteiger partial charge in [0.1, 0.15) is 18.4 Å². The number of nitrogens with one attached hydrogen (secondary N) is 1. The summed E-state index contributed by atoms with van der Waals surface area (Å²) in [4.78, 5) is 18.2. The first kappa shape index (κ1) is 23.7. The molecule has 182 valence electrons. The van der Waals surface area contributed by atoms with E-state index in [1.165, 1.54) is 0 Å². The van der Waals surface area contributed by atoms with Crippen LogP contribution in [-0.2, 0) is 11.4 Å². The summed E-state index contributed by atoms with van der Waals surface area (Å²) in [6, 6.07) is 17.9. The van der Waals surface area contributed by atoms with Crippen molar-refractivity contribution in [1.82, 2.24) is 14.8 Å². The topological polar surface area (TPSA) is 69.0 Å². The van der Waals surface area contributed by atoms with Gasteiger partial charge in [0.05, 0.1) is 0 Å². The van der Waals surface area contributed by atoms with Gasteiger partial charge in [-0.15, -0.1) is 5.10 Å². The number of nitrogens with zero attached hydrogens (tertiary/aromatic N) is 3. The Bertz CT molecular complexity index is 1230. The third-order valence-electron chi connectivity index (χ3n) is 6.49. The number of unbranched alkanes of at least 4 members (excludes halogenated alkanes) is 1. The van der Waals surface area contributed by atoms with E-state index in [0.717, 1.165) is 58.3 Å². The number of ether oxygens (including phenoxy) is 1. The van der Waals surface area contributed by atoms with Crippen molar-refractivity contribution in [3.8, 4) is 5.75 Å². The van der Waals surface area contributed by atoms with Crippen molar-refractivity contribution in [2.75, 3.05) is 11.1 Å². The fourth-order valence-corrected chi connectivity index (χ4v) is 5.67. The van der Waals surface area contributed by atoms with Gasteiger partial charge in [-0.05, 0) is 41.5 Å². The molecule has 0 saturated heterocycles. The minimum atomic E-state index is -0.291. The second-order valence-corrected chi connectivity index (χ2v) is 11.1. The van der Waals surface area contributed by atoms with Crippen molar-refractivity contribution < 1.29 is 9.53 Å². The normalized spacial score (nSPS) is 18.6. The van der Waals surface area contributed by atoms with Crippen LogP contribution in [0.3, 0.4) is 0 Å². The van der Waals surface area contributed by atoms with Gasteiger partial charge in [-0.1, -0.05) is 81.4 Å². The Balaban J connectivity index is 1.45. The third kappa shape index (κ3) is 5.15. The van der Waals surface area contributed by atoms with Gasteiger partial charge in [-0.25, -0.2) is 4.68 Å². The number of allylic oxidation sites excluding steroid dienone is 2. The molecule has 2 aromatic carbocycles. The second-order valence-electron chi connectivity index (χ2n) is 10.1. The number of anilines is 1. The highest BCUT2D eigenvalue weighted by Gasteiger charge is 2.41. The number of thioether (sulfide) groups is 1. The van der Waals surface area contributed by atoms with Crippen LogP contribution in [0.1, 0.15) is 63.6 Å². The van der Waals surface area contributed by atoms with E-state index in [1.54, 1.807) is 11.8 Å². The van der Waals surface area contributed by atoms with Crippen LogP contribution in [-0.4, -0.2) is 26.3 Å². The number of hydrogen-bond acceptors (Lipinski definition) is 6. The van der Waals surface area contributed by atoms with Gasteiger partial charge in [0.25, 0.3) is 0 Å². The van der Waals surface area contributed by atoms with Crippen molar-refractivity contribution in [1.29, 1.82) is 0 Å². The first-order chi connectivity index (χ1) is 16.9. The minimum absolute atomic E-state index is 0.0799. The van der Waals surface area contributed by atoms with Gasteiger partial charge in [-0.2, -0.15) is 4.98 Å². The molecule has 3 aromatic rings. The van der Waals surface area contributed by atoms with Gasteiger partial charge in [0, 0.05) is 23.4 Å². The average Bonchev–Trinajstić information content (AvgIpc) is 3.24. The van der Waals surface area contributed by atoms with E-state index >= 15 is 0 Å². The van der Waals surface area contributed by atoms with Gasteiger partial charge >= 0.3 is 0 Å². The average molecular weight is 489 g/mol. The van der Waals surface area contributed by atoms with Crippen LogP contribution in [0.4, 0.5) is 5.95 Å². The number of carbonyl (C=O) groups is 1. The predicted octanol–water partition coefficient (Wildman–Crippen LogP) is 6.41. The van der Waals surface area contributed by atoms with E-state index in [9.17, 15) is 4.79 Å². The highest BCUT2D eigenvalue weighted by Crippen LogP contribution is 2.45. The van der Waals surface area contributed by atoms with Gasteiger partial charge in [0.15, 0.2) is 5.78 Å². The van der Waals surface area contributed by atoms with Crippen LogP contribution >= 0.6 is 11.8 Å². The number of Topliss-reactive ketones (excluding diaryl/α,β-unsaturated/α-hetero) is 1. The molecule has 7 heteroatoms. The molecule has 1 unspecified atom stereocenters. The highest BCUT2D eigenvalue weighted by atomic mass is 32.2. The molecule has 0 fully saturated rings. The zero-order chi connectivity index (χ0) is 24.4. The van der Waals surface area contributed by atoms with E-state index in [1.807, 2.05) is 47.1 Å². The number of carbonyl (C=O) groups excluding carboxylic acids is 1. The second kappa shape index (κ2) is 9.90. The molecule has 1 atom stereocenters. The summed E-state index contributed by atoms with van der Waals surface area (Å²) in [5.41, 5.74) is 3.84. The Morgan fingerprint density at radius 3 is 2.63 bits per heavy atom. The number of fused-ring (bicyclic) bond motifs is 1. The Morgan fingerprint density at radius 1 is 1.11 bits per heavy atom. The molecule has 2 aliphatic rings. The lowest BCUT2D eigenvalue weighted by atomic mass is 9.73. The largest absolute Gasteiger partial charge is 0.489 e. The molecule has 1 aliphatic heterocycles. The van der Waals surface area contributed by atoms with Gasteiger partial charge in [0.2, 0.25) is 11.1 Å². The Kier molecular flexibility index (Phi) is 6.69. The van der Waals surface area contributed by atoms with E-state index in [4.69, 9.17) is 14.8 Å². The van der Waals surface area contributed by atoms with Crippen molar-refractivity contribution in [2.45, 2.75) is 64.3 Å². The summed E-state index contributed by atoms with van der Waals surface area (Å²) in [6.07, 6.45) is 3.61. The molecule has 6 nitrogen and oxygen atoms in total. The third-order valence-corrected chi connectivity index (χ3v) is 7.41. The molecular formula is C28H32N4O2S. The Labute approximate surface area is 211 Å². The van der Waals surface area contributed by atoms with Gasteiger partial charge in [-0.3, -0.25) is 4.79 Å². The molecule has 1 N–H and O–H groups in total. The zero-order valence-electron chi connectivity index (χ0n) is 20.6. The quantitative estimate of drug-likeness (QED) is 0.292. The molecule has 0 spiro atoms.